The van der Waals surface area contributed by atoms with Crippen molar-refractivity contribution in [2.75, 3.05) is 12.4 Å². The lowest BCUT2D eigenvalue weighted by atomic mass is 10.1. The monoisotopic (exact) mass is 392 g/mol. The molecule has 0 saturated carbocycles. The van der Waals surface area contributed by atoms with Crippen molar-refractivity contribution in [3.05, 3.63) is 58.4 Å². The van der Waals surface area contributed by atoms with E-state index in [1.165, 1.54) is 7.11 Å². The maximum absolute atomic E-state index is 13.8. The SMILES string of the molecule is COc1ccc(Cl)cc1NC(=S)NCc1ccc(C(F)(F)F)cc1F. The van der Waals surface area contributed by atoms with E-state index in [1.807, 2.05) is 0 Å². The minimum atomic E-state index is -4.59. The molecule has 0 amide bonds. The molecule has 25 heavy (non-hydrogen) atoms. The maximum Gasteiger partial charge on any atom is 0.416 e. The molecule has 9 heteroatoms. The van der Waals surface area contributed by atoms with E-state index in [0.29, 0.717) is 22.5 Å². The van der Waals surface area contributed by atoms with Gasteiger partial charge < -0.3 is 15.4 Å². The molecule has 2 aromatic carbocycles. The normalized spacial score (nSPS) is 11.1. The Morgan fingerprint density at radius 1 is 1.20 bits per heavy atom. The van der Waals surface area contributed by atoms with Gasteiger partial charge in [-0.2, -0.15) is 13.2 Å². The van der Waals surface area contributed by atoms with Crippen LogP contribution in [0.5, 0.6) is 5.75 Å². The average molecular weight is 393 g/mol. The molecule has 0 aromatic heterocycles. The Hall–Kier alpha value is -2.06. The second-order valence-corrected chi connectivity index (χ2v) is 5.80. The molecule has 0 aliphatic heterocycles. The zero-order valence-electron chi connectivity index (χ0n) is 12.9. The van der Waals surface area contributed by atoms with Crippen LogP contribution in [0.2, 0.25) is 5.02 Å². The molecule has 0 bridgehead atoms. The minimum Gasteiger partial charge on any atom is -0.495 e. The highest BCUT2D eigenvalue weighted by molar-refractivity contribution is 7.80. The number of hydrogen-bond acceptors (Lipinski definition) is 2. The quantitative estimate of drug-likeness (QED) is 0.567. The summed E-state index contributed by atoms with van der Waals surface area (Å²) in [6.07, 6.45) is -4.59. The first kappa shape index (κ1) is 19.3. The lowest BCUT2D eigenvalue weighted by Gasteiger charge is -2.14. The Bertz CT molecular complexity index is 783. The number of nitrogens with one attached hydrogen (secondary N) is 2. The molecule has 2 rings (SSSR count). The van der Waals surface area contributed by atoms with Gasteiger partial charge in [-0.3, -0.25) is 0 Å². The predicted octanol–water partition coefficient (Wildman–Crippen LogP) is 4.99. The third-order valence-corrected chi connectivity index (χ3v) is 3.71. The molecule has 2 N–H and O–H groups in total. The topological polar surface area (TPSA) is 33.3 Å². The smallest absolute Gasteiger partial charge is 0.416 e. The Morgan fingerprint density at radius 3 is 2.52 bits per heavy atom. The molecule has 3 nitrogen and oxygen atoms in total. The molecular formula is C16H13ClF4N2OS. The van der Waals surface area contributed by atoms with Crippen LogP contribution in [0, 0.1) is 5.82 Å². The molecule has 134 valence electrons. The van der Waals surface area contributed by atoms with E-state index in [2.05, 4.69) is 10.6 Å². The lowest BCUT2D eigenvalue weighted by Crippen LogP contribution is -2.28. The van der Waals surface area contributed by atoms with Crippen LogP contribution in [-0.2, 0) is 12.7 Å². The first-order chi connectivity index (χ1) is 11.7. The molecular weight excluding hydrogens is 380 g/mol. The number of methoxy groups -OCH3 is 1. The standard InChI is InChI=1S/C16H13ClF4N2OS/c1-24-14-5-4-11(17)7-13(14)23-15(25)22-8-9-2-3-10(6-12(9)18)16(19,20)21/h2-7H,8H2,1H3,(H2,22,23,25). The summed E-state index contributed by atoms with van der Waals surface area (Å²) in [7, 11) is 1.47. The van der Waals surface area contributed by atoms with Gasteiger partial charge in [0.2, 0.25) is 0 Å². The van der Waals surface area contributed by atoms with Crippen LogP contribution in [0.25, 0.3) is 0 Å². The molecule has 2 aromatic rings. The van der Waals surface area contributed by atoms with Gasteiger partial charge in [-0.1, -0.05) is 17.7 Å². The lowest BCUT2D eigenvalue weighted by molar-refractivity contribution is -0.137. The number of anilines is 1. The van der Waals surface area contributed by atoms with Crippen molar-refractivity contribution in [3.63, 3.8) is 0 Å². The van der Waals surface area contributed by atoms with Gasteiger partial charge in [-0.05, 0) is 42.5 Å². The summed E-state index contributed by atoms with van der Waals surface area (Å²) < 4.78 is 56.5. The fourth-order valence-electron chi connectivity index (χ4n) is 1.99. The van der Waals surface area contributed by atoms with Crippen molar-refractivity contribution >= 4 is 34.6 Å². The first-order valence-electron chi connectivity index (χ1n) is 6.94. The highest BCUT2D eigenvalue weighted by atomic mass is 35.5. The van der Waals surface area contributed by atoms with Crippen LogP contribution < -0.4 is 15.4 Å². The molecule has 0 saturated heterocycles. The number of ether oxygens (including phenoxy) is 1. The van der Waals surface area contributed by atoms with Crippen LogP contribution in [0.15, 0.2) is 36.4 Å². The van der Waals surface area contributed by atoms with Crippen molar-refractivity contribution < 1.29 is 22.3 Å². The number of thiocarbonyl (C=S) groups is 1. The highest BCUT2D eigenvalue weighted by Gasteiger charge is 2.31. The van der Waals surface area contributed by atoms with E-state index in [9.17, 15) is 17.6 Å². The van der Waals surface area contributed by atoms with Gasteiger partial charge in [-0.15, -0.1) is 0 Å². The molecule has 0 atom stereocenters. The van der Waals surface area contributed by atoms with Crippen LogP contribution in [0.3, 0.4) is 0 Å². The van der Waals surface area contributed by atoms with E-state index in [4.69, 9.17) is 28.6 Å². The van der Waals surface area contributed by atoms with Crippen molar-refractivity contribution in [3.8, 4) is 5.75 Å². The van der Waals surface area contributed by atoms with E-state index in [-0.39, 0.29) is 17.2 Å². The van der Waals surface area contributed by atoms with Crippen molar-refractivity contribution in [2.24, 2.45) is 0 Å². The maximum atomic E-state index is 13.8. The van der Waals surface area contributed by atoms with E-state index in [1.54, 1.807) is 18.2 Å². The largest absolute Gasteiger partial charge is 0.495 e. The Labute approximate surface area is 151 Å². The van der Waals surface area contributed by atoms with Gasteiger partial charge in [0.05, 0.1) is 18.4 Å². The average Bonchev–Trinajstić information content (AvgIpc) is 2.53. The zero-order chi connectivity index (χ0) is 18.6. The molecule has 0 spiro atoms. The first-order valence-corrected chi connectivity index (χ1v) is 7.73. The summed E-state index contributed by atoms with van der Waals surface area (Å²) in [6, 6.07) is 7.20. The second kappa shape index (κ2) is 7.88. The summed E-state index contributed by atoms with van der Waals surface area (Å²) in [5, 5.41) is 6.15. The van der Waals surface area contributed by atoms with Crippen molar-refractivity contribution in [1.29, 1.82) is 0 Å². The summed E-state index contributed by atoms with van der Waals surface area (Å²) in [5.74, 6) is -0.472. The second-order valence-electron chi connectivity index (χ2n) is 4.96. The molecule has 0 aliphatic carbocycles. The molecule has 0 unspecified atom stereocenters. The van der Waals surface area contributed by atoms with Crippen molar-refractivity contribution in [2.45, 2.75) is 12.7 Å². The van der Waals surface area contributed by atoms with E-state index in [0.717, 1.165) is 12.1 Å². The van der Waals surface area contributed by atoms with Crippen LogP contribution in [0.1, 0.15) is 11.1 Å². The van der Waals surface area contributed by atoms with E-state index < -0.39 is 17.6 Å². The molecule has 0 heterocycles. The minimum absolute atomic E-state index is 0.0511. The number of benzene rings is 2. The van der Waals surface area contributed by atoms with Gasteiger partial charge in [0.25, 0.3) is 0 Å². The fraction of sp³-hybridized carbons (Fsp3) is 0.188. The summed E-state index contributed by atoms with van der Waals surface area (Å²) in [4.78, 5) is 0. The Balaban J connectivity index is 2.02. The Morgan fingerprint density at radius 2 is 1.92 bits per heavy atom. The molecule has 0 aliphatic rings. The molecule has 0 fully saturated rings. The summed E-state index contributed by atoms with van der Waals surface area (Å²) in [6.45, 7) is -0.0846. The zero-order valence-corrected chi connectivity index (χ0v) is 14.4. The third kappa shape index (κ3) is 5.20. The van der Waals surface area contributed by atoms with Crippen molar-refractivity contribution in [1.82, 2.24) is 5.32 Å². The van der Waals surface area contributed by atoms with Gasteiger partial charge in [0.15, 0.2) is 5.11 Å². The Kier molecular flexibility index (Phi) is 6.07. The van der Waals surface area contributed by atoms with Gasteiger partial charge in [0.1, 0.15) is 11.6 Å². The van der Waals surface area contributed by atoms with Gasteiger partial charge in [0, 0.05) is 17.1 Å². The van der Waals surface area contributed by atoms with Crippen LogP contribution >= 0.6 is 23.8 Å². The predicted molar refractivity (Wildman–Crippen MR) is 92.5 cm³/mol. The number of rotatable bonds is 4. The molecule has 0 radical (unpaired) electrons. The summed E-state index contributed by atoms with van der Waals surface area (Å²) >= 11 is 11.0. The van der Waals surface area contributed by atoms with Gasteiger partial charge >= 0.3 is 6.18 Å². The van der Waals surface area contributed by atoms with Crippen LogP contribution in [-0.4, -0.2) is 12.2 Å². The van der Waals surface area contributed by atoms with Crippen LogP contribution in [0.4, 0.5) is 23.2 Å². The number of halogens is 5. The van der Waals surface area contributed by atoms with E-state index >= 15 is 0 Å². The highest BCUT2D eigenvalue weighted by Crippen LogP contribution is 2.30. The fourth-order valence-corrected chi connectivity index (χ4v) is 2.34. The summed E-state index contributed by atoms with van der Waals surface area (Å²) in [5.41, 5.74) is -0.492. The number of hydrogen-bond donors (Lipinski definition) is 2. The number of alkyl halides is 3. The third-order valence-electron chi connectivity index (χ3n) is 3.23. The van der Waals surface area contributed by atoms with Gasteiger partial charge in [-0.25, -0.2) is 4.39 Å².